The first kappa shape index (κ1) is 13.6. The third-order valence-electron chi connectivity index (χ3n) is 2.19. The maximum Gasteiger partial charge on any atom is 0.338 e. The van der Waals surface area contributed by atoms with Crippen LogP contribution >= 0.6 is 0 Å². The molecule has 0 saturated heterocycles. The Bertz CT molecular complexity index is 511. The lowest BCUT2D eigenvalue weighted by Crippen LogP contribution is -2.17. The minimum Gasteiger partial charge on any atom is -0.479 e. The Kier molecular flexibility index (Phi) is 3.95. The number of aliphatic hydroxyl groups is 1. The van der Waals surface area contributed by atoms with Crippen molar-refractivity contribution in [1.29, 1.82) is 0 Å². The van der Waals surface area contributed by atoms with Gasteiger partial charge in [0.25, 0.3) is 5.69 Å². The molecular weight excluding hydrogens is 246 g/mol. The maximum atomic E-state index is 11.4. The molecule has 1 aromatic carbocycles. The first-order chi connectivity index (χ1) is 8.40. The molecule has 8 nitrogen and oxygen atoms in total. The van der Waals surface area contributed by atoms with Gasteiger partial charge >= 0.3 is 11.9 Å². The number of aliphatic carboxylic acids is 1. The first-order valence-corrected chi connectivity index (χ1v) is 4.66. The standard InChI is InChI=1S/C10H9NO7/c1-18-10(15)5-3-2-4-6(11(16)17)7(5)8(12)9(13)14/h2-4,8,12H,1H3,(H,13,14). The van der Waals surface area contributed by atoms with Crippen molar-refractivity contribution in [3.05, 3.63) is 39.4 Å². The number of esters is 1. The number of methoxy groups -OCH3 is 1. The molecule has 0 saturated carbocycles. The van der Waals surface area contributed by atoms with E-state index in [9.17, 15) is 24.8 Å². The van der Waals surface area contributed by atoms with E-state index < -0.39 is 34.2 Å². The number of nitro groups is 1. The zero-order valence-electron chi connectivity index (χ0n) is 9.19. The number of aliphatic hydroxyl groups excluding tert-OH is 1. The molecule has 0 bridgehead atoms. The number of ether oxygens (including phenoxy) is 1. The smallest absolute Gasteiger partial charge is 0.338 e. The second kappa shape index (κ2) is 5.23. The Labute approximate surface area is 101 Å². The van der Waals surface area contributed by atoms with E-state index in [1.54, 1.807) is 0 Å². The summed E-state index contributed by atoms with van der Waals surface area (Å²) in [6.07, 6.45) is -2.18. The van der Waals surface area contributed by atoms with Gasteiger partial charge < -0.3 is 14.9 Å². The van der Waals surface area contributed by atoms with E-state index >= 15 is 0 Å². The quantitative estimate of drug-likeness (QED) is 0.455. The SMILES string of the molecule is COC(=O)c1cccc([N+](=O)[O-])c1C(O)C(=O)O. The van der Waals surface area contributed by atoms with Crippen LogP contribution in [0.3, 0.4) is 0 Å². The van der Waals surface area contributed by atoms with Crippen molar-refractivity contribution in [2.45, 2.75) is 6.10 Å². The summed E-state index contributed by atoms with van der Waals surface area (Å²) in [6, 6.07) is 3.33. The van der Waals surface area contributed by atoms with Gasteiger partial charge in [-0.3, -0.25) is 10.1 Å². The maximum absolute atomic E-state index is 11.4. The third kappa shape index (κ3) is 2.43. The summed E-state index contributed by atoms with van der Waals surface area (Å²) in [5.41, 5.74) is -1.61. The van der Waals surface area contributed by atoms with Crippen molar-refractivity contribution in [2.24, 2.45) is 0 Å². The van der Waals surface area contributed by atoms with Gasteiger partial charge in [-0.15, -0.1) is 0 Å². The van der Waals surface area contributed by atoms with Crippen molar-refractivity contribution in [3.63, 3.8) is 0 Å². The molecule has 0 heterocycles. The van der Waals surface area contributed by atoms with Crippen LogP contribution in [-0.4, -0.2) is 34.2 Å². The Morgan fingerprint density at radius 2 is 2.06 bits per heavy atom. The highest BCUT2D eigenvalue weighted by atomic mass is 16.6. The summed E-state index contributed by atoms with van der Waals surface area (Å²) in [5.74, 6) is -2.66. The molecule has 0 aromatic heterocycles. The normalized spacial score (nSPS) is 11.7. The van der Waals surface area contributed by atoms with Gasteiger partial charge in [0, 0.05) is 6.07 Å². The summed E-state index contributed by atoms with van der Waals surface area (Å²) in [5, 5.41) is 28.9. The van der Waals surface area contributed by atoms with E-state index in [-0.39, 0.29) is 5.56 Å². The van der Waals surface area contributed by atoms with Crippen LogP contribution in [0.4, 0.5) is 5.69 Å². The second-order valence-corrected chi connectivity index (χ2v) is 3.23. The lowest BCUT2D eigenvalue weighted by atomic mass is 10.00. The fourth-order valence-electron chi connectivity index (χ4n) is 1.41. The molecule has 1 unspecified atom stereocenters. The predicted molar refractivity (Wildman–Crippen MR) is 57.0 cm³/mol. The highest BCUT2D eigenvalue weighted by Gasteiger charge is 2.31. The largest absolute Gasteiger partial charge is 0.479 e. The number of benzene rings is 1. The summed E-state index contributed by atoms with van der Waals surface area (Å²) in [7, 11) is 1.04. The molecule has 0 amide bonds. The molecule has 1 rings (SSSR count). The van der Waals surface area contributed by atoms with Crippen molar-refractivity contribution in [1.82, 2.24) is 0 Å². The van der Waals surface area contributed by atoms with E-state index in [1.807, 2.05) is 0 Å². The van der Waals surface area contributed by atoms with Gasteiger partial charge in [0.1, 0.15) is 0 Å². The van der Waals surface area contributed by atoms with E-state index in [1.165, 1.54) is 6.07 Å². The van der Waals surface area contributed by atoms with Gasteiger partial charge in [-0.25, -0.2) is 9.59 Å². The monoisotopic (exact) mass is 255 g/mol. The molecule has 18 heavy (non-hydrogen) atoms. The van der Waals surface area contributed by atoms with Gasteiger partial charge in [0.2, 0.25) is 0 Å². The van der Waals surface area contributed by atoms with Crippen LogP contribution in [-0.2, 0) is 9.53 Å². The van der Waals surface area contributed by atoms with Crippen LogP contribution in [0.15, 0.2) is 18.2 Å². The second-order valence-electron chi connectivity index (χ2n) is 3.23. The topological polar surface area (TPSA) is 127 Å². The van der Waals surface area contributed by atoms with Gasteiger partial charge in [0.15, 0.2) is 6.10 Å². The number of carbonyl (C=O) groups excluding carboxylic acids is 1. The zero-order chi connectivity index (χ0) is 13.9. The lowest BCUT2D eigenvalue weighted by Gasteiger charge is -2.10. The molecule has 1 aromatic rings. The Balaban J connectivity index is 3.53. The van der Waals surface area contributed by atoms with Crippen LogP contribution in [0.5, 0.6) is 0 Å². The molecule has 0 aliphatic carbocycles. The summed E-state index contributed by atoms with van der Waals surface area (Å²) < 4.78 is 4.38. The number of carboxylic acid groups (broad SMARTS) is 1. The van der Waals surface area contributed by atoms with E-state index in [2.05, 4.69) is 4.74 Å². The first-order valence-electron chi connectivity index (χ1n) is 4.66. The number of hydrogen-bond donors (Lipinski definition) is 2. The van der Waals surface area contributed by atoms with Crippen molar-refractivity contribution >= 4 is 17.6 Å². The summed E-state index contributed by atoms with van der Waals surface area (Å²) >= 11 is 0. The minimum absolute atomic E-state index is 0.360. The molecule has 96 valence electrons. The predicted octanol–water partition coefficient (Wildman–Crippen LogP) is 0.499. The van der Waals surface area contributed by atoms with Crippen molar-refractivity contribution < 1.29 is 29.5 Å². The Morgan fingerprint density at radius 1 is 1.44 bits per heavy atom. The fraction of sp³-hybridized carbons (Fsp3) is 0.200. The van der Waals surface area contributed by atoms with E-state index in [0.717, 1.165) is 19.2 Å². The highest BCUT2D eigenvalue weighted by molar-refractivity contribution is 5.94. The zero-order valence-corrected chi connectivity index (χ0v) is 9.19. The number of nitrogens with zero attached hydrogens (tertiary/aromatic N) is 1. The van der Waals surface area contributed by atoms with Crippen LogP contribution in [0.1, 0.15) is 22.0 Å². The average molecular weight is 255 g/mol. The van der Waals surface area contributed by atoms with Crippen LogP contribution in [0.25, 0.3) is 0 Å². The van der Waals surface area contributed by atoms with Gasteiger partial charge in [0.05, 0.1) is 23.2 Å². The molecule has 0 radical (unpaired) electrons. The molecule has 0 fully saturated rings. The van der Waals surface area contributed by atoms with Gasteiger partial charge in [-0.1, -0.05) is 6.07 Å². The highest BCUT2D eigenvalue weighted by Crippen LogP contribution is 2.29. The fourth-order valence-corrected chi connectivity index (χ4v) is 1.41. The number of nitro benzene ring substituents is 1. The number of carboxylic acids is 1. The summed E-state index contributed by atoms with van der Waals surface area (Å²) in [6.45, 7) is 0. The average Bonchev–Trinajstić information content (AvgIpc) is 2.35. The molecule has 2 N–H and O–H groups in total. The molecule has 8 heteroatoms. The van der Waals surface area contributed by atoms with Crippen molar-refractivity contribution in [3.8, 4) is 0 Å². The van der Waals surface area contributed by atoms with Crippen LogP contribution in [0.2, 0.25) is 0 Å². The number of hydrogen-bond acceptors (Lipinski definition) is 6. The van der Waals surface area contributed by atoms with E-state index in [0.29, 0.717) is 0 Å². The van der Waals surface area contributed by atoms with Gasteiger partial charge in [-0.05, 0) is 6.07 Å². The van der Waals surface area contributed by atoms with Crippen LogP contribution < -0.4 is 0 Å². The number of carbonyl (C=O) groups is 2. The summed E-state index contributed by atoms with van der Waals surface area (Å²) in [4.78, 5) is 32.0. The number of rotatable bonds is 4. The molecule has 1 atom stereocenters. The Morgan fingerprint density at radius 3 is 2.50 bits per heavy atom. The van der Waals surface area contributed by atoms with Gasteiger partial charge in [-0.2, -0.15) is 0 Å². The Hall–Kier alpha value is -2.48. The minimum atomic E-state index is -2.18. The lowest BCUT2D eigenvalue weighted by molar-refractivity contribution is -0.386. The van der Waals surface area contributed by atoms with E-state index in [4.69, 9.17) is 5.11 Å². The molecule has 0 aliphatic rings. The molecule has 0 aliphatic heterocycles. The van der Waals surface area contributed by atoms with Crippen molar-refractivity contribution in [2.75, 3.05) is 7.11 Å². The van der Waals surface area contributed by atoms with Crippen LogP contribution in [0, 0.1) is 10.1 Å². The molecule has 0 spiro atoms. The third-order valence-corrected chi connectivity index (χ3v) is 2.19. The molecular formula is C10H9NO7.